The van der Waals surface area contributed by atoms with E-state index in [0.29, 0.717) is 5.56 Å². The lowest BCUT2D eigenvalue weighted by Crippen LogP contribution is -2.21. The fourth-order valence-corrected chi connectivity index (χ4v) is 2.43. The quantitative estimate of drug-likeness (QED) is 0.588. The number of carbonyl (C=O) groups is 2. The second-order valence-electron chi connectivity index (χ2n) is 4.23. The van der Waals surface area contributed by atoms with Gasteiger partial charge in [-0.15, -0.1) is 0 Å². The molecule has 114 valence electrons. The van der Waals surface area contributed by atoms with Gasteiger partial charge in [-0.3, -0.25) is 4.79 Å². The van der Waals surface area contributed by atoms with Gasteiger partial charge in [0.15, 0.2) is 6.61 Å². The third-order valence-electron chi connectivity index (χ3n) is 2.63. The Morgan fingerprint density at radius 2 is 1.95 bits per heavy atom. The maximum Gasteiger partial charge on any atom is 0.339 e. The third kappa shape index (κ3) is 4.41. The van der Waals surface area contributed by atoms with Gasteiger partial charge in [-0.25, -0.2) is 9.18 Å². The minimum absolute atomic E-state index is 0.0669. The van der Waals surface area contributed by atoms with E-state index in [-0.39, 0.29) is 10.7 Å². The number of anilines is 1. The molecule has 0 saturated carbocycles. The summed E-state index contributed by atoms with van der Waals surface area (Å²) in [6.45, 7) is -0.461. The van der Waals surface area contributed by atoms with Gasteiger partial charge in [0.1, 0.15) is 5.82 Å². The van der Waals surface area contributed by atoms with Crippen molar-refractivity contribution >= 4 is 51.8 Å². The van der Waals surface area contributed by atoms with Crippen molar-refractivity contribution in [2.45, 2.75) is 0 Å². The monoisotopic (exact) mass is 433 g/mol. The summed E-state index contributed by atoms with van der Waals surface area (Å²) in [4.78, 5) is 23.6. The Balaban J connectivity index is 1.93. The number of amides is 1. The van der Waals surface area contributed by atoms with E-state index in [1.54, 1.807) is 24.3 Å². The van der Waals surface area contributed by atoms with Crippen LogP contribution in [0.3, 0.4) is 0 Å². The molecule has 0 aliphatic heterocycles. The van der Waals surface area contributed by atoms with Crippen molar-refractivity contribution in [1.29, 1.82) is 0 Å². The number of rotatable bonds is 4. The standard InChI is InChI=1S/C15H10ClFINO3/c16-11-7-9(17)5-6-13(11)19-14(20)8-22-15(21)10-3-1-2-4-12(10)18/h1-7H,8H2,(H,19,20). The average molecular weight is 434 g/mol. The van der Waals surface area contributed by atoms with Gasteiger partial charge in [-0.05, 0) is 52.9 Å². The molecule has 1 amide bonds. The van der Waals surface area contributed by atoms with Crippen LogP contribution < -0.4 is 5.32 Å². The Labute approximate surface area is 144 Å². The molecule has 0 bridgehead atoms. The molecule has 22 heavy (non-hydrogen) atoms. The maximum atomic E-state index is 12.9. The van der Waals surface area contributed by atoms with Crippen molar-refractivity contribution in [2.24, 2.45) is 0 Å². The normalized spacial score (nSPS) is 10.1. The van der Waals surface area contributed by atoms with E-state index in [4.69, 9.17) is 16.3 Å². The summed E-state index contributed by atoms with van der Waals surface area (Å²) in [6.07, 6.45) is 0. The molecule has 1 N–H and O–H groups in total. The summed E-state index contributed by atoms with van der Waals surface area (Å²) in [5.41, 5.74) is 0.633. The lowest BCUT2D eigenvalue weighted by Gasteiger charge is -2.08. The molecule has 0 spiro atoms. The Kier molecular flexibility index (Phi) is 5.73. The highest BCUT2D eigenvalue weighted by Crippen LogP contribution is 2.22. The zero-order chi connectivity index (χ0) is 16.1. The number of halogens is 3. The van der Waals surface area contributed by atoms with Crippen LogP contribution in [0.1, 0.15) is 10.4 Å². The highest BCUT2D eigenvalue weighted by Gasteiger charge is 2.13. The summed E-state index contributed by atoms with van der Waals surface area (Å²) in [5, 5.41) is 2.51. The van der Waals surface area contributed by atoms with Crippen molar-refractivity contribution in [3.8, 4) is 0 Å². The molecule has 0 heterocycles. The van der Waals surface area contributed by atoms with Crippen molar-refractivity contribution < 1.29 is 18.7 Å². The van der Waals surface area contributed by atoms with E-state index in [1.807, 2.05) is 22.6 Å². The molecular formula is C15H10ClFINO3. The fraction of sp³-hybridized carbons (Fsp3) is 0.0667. The van der Waals surface area contributed by atoms with Crippen LogP contribution >= 0.6 is 34.2 Å². The average Bonchev–Trinajstić information content (AvgIpc) is 2.48. The molecule has 2 aromatic rings. The Morgan fingerprint density at radius 1 is 1.23 bits per heavy atom. The molecule has 0 unspecified atom stereocenters. The van der Waals surface area contributed by atoms with Gasteiger partial charge in [0.2, 0.25) is 0 Å². The van der Waals surface area contributed by atoms with E-state index < -0.39 is 24.3 Å². The lowest BCUT2D eigenvalue weighted by atomic mass is 10.2. The van der Waals surface area contributed by atoms with Gasteiger partial charge in [-0.2, -0.15) is 0 Å². The van der Waals surface area contributed by atoms with E-state index in [2.05, 4.69) is 5.32 Å². The Bertz CT molecular complexity index is 724. The molecule has 0 saturated heterocycles. The summed E-state index contributed by atoms with van der Waals surface area (Å²) < 4.78 is 18.6. The molecule has 0 radical (unpaired) electrons. The number of nitrogens with one attached hydrogen (secondary N) is 1. The number of carbonyl (C=O) groups excluding carboxylic acids is 2. The van der Waals surface area contributed by atoms with Gasteiger partial charge in [0.05, 0.1) is 16.3 Å². The van der Waals surface area contributed by atoms with Gasteiger partial charge in [-0.1, -0.05) is 23.7 Å². The lowest BCUT2D eigenvalue weighted by molar-refractivity contribution is -0.119. The summed E-state index contributed by atoms with van der Waals surface area (Å²) in [7, 11) is 0. The largest absolute Gasteiger partial charge is 0.452 e. The molecular weight excluding hydrogens is 424 g/mol. The summed E-state index contributed by atoms with van der Waals surface area (Å²) >= 11 is 7.79. The first-order valence-corrected chi connectivity index (χ1v) is 7.59. The summed E-state index contributed by atoms with van der Waals surface area (Å²) in [5.74, 6) is -1.66. The second kappa shape index (κ2) is 7.55. The smallest absolute Gasteiger partial charge is 0.339 e. The second-order valence-corrected chi connectivity index (χ2v) is 5.80. The first-order chi connectivity index (χ1) is 10.5. The first-order valence-electron chi connectivity index (χ1n) is 6.14. The molecule has 2 rings (SSSR count). The number of hydrogen-bond acceptors (Lipinski definition) is 3. The number of benzene rings is 2. The molecule has 2 aromatic carbocycles. The number of hydrogen-bond donors (Lipinski definition) is 1. The van der Waals surface area contributed by atoms with Crippen LogP contribution in [0.5, 0.6) is 0 Å². The zero-order valence-electron chi connectivity index (χ0n) is 11.1. The van der Waals surface area contributed by atoms with Crippen molar-refractivity contribution in [1.82, 2.24) is 0 Å². The van der Waals surface area contributed by atoms with E-state index in [9.17, 15) is 14.0 Å². The SMILES string of the molecule is O=C(COC(=O)c1ccccc1I)Nc1ccc(F)cc1Cl. The van der Waals surface area contributed by atoms with E-state index in [0.717, 1.165) is 9.64 Å². The summed E-state index contributed by atoms with van der Waals surface area (Å²) in [6, 6.07) is 10.4. The van der Waals surface area contributed by atoms with Crippen molar-refractivity contribution in [2.75, 3.05) is 11.9 Å². The maximum absolute atomic E-state index is 12.9. The van der Waals surface area contributed by atoms with Crippen LogP contribution in [0, 0.1) is 9.39 Å². The minimum Gasteiger partial charge on any atom is -0.452 e. The Hall–Kier alpha value is -1.67. The van der Waals surface area contributed by atoms with Crippen molar-refractivity contribution in [3.05, 3.63) is 62.4 Å². The van der Waals surface area contributed by atoms with E-state index in [1.165, 1.54) is 12.1 Å². The van der Waals surface area contributed by atoms with Crippen LogP contribution in [0.4, 0.5) is 10.1 Å². The predicted octanol–water partition coefficient (Wildman–Crippen LogP) is 3.88. The van der Waals surface area contributed by atoms with Gasteiger partial charge in [0.25, 0.3) is 5.91 Å². The van der Waals surface area contributed by atoms with Crippen LogP contribution in [-0.2, 0) is 9.53 Å². The van der Waals surface area contributed by atoms with Gasteiger partial charge in [0, 0.05) is 3.57 Å². The minimum atomic E-state index is -0.592. The molecule has 4 nitrogen and oxygen atoms in total. The molecule has 0 atom stereocenters. The molecule has 0 aliphatic rings. The first kappa shape index (κ1) is 16.7. The number of esters is 1. The van der Waals surface area contributed by atoms with Crippen molar-refractivity contribution in [3.63, 3.8) is 0 Å². The van der Waals surface area contributed by atoms with Gasteiger partial charge < -0.3 is 10.1 Å². The third-order valence-corrected chi connectivity index (χ3v) is 3.89. The topological polar surface area (TPSA) is 55.4 Å². The van der Waals surface area contributed by atoms with Crippen LogP contribution in [0.2, 0.25) is 5.02 Å². The highest BCUT2D eigenvalue weighted by atomic mass is 127. The van der Waals surface area contributed by atoms with Gasteiger partial charge >= 0.3 is 5.97 Å². The molecule has 0 aromatic heterocycles. The van der Waals surface area contributed by atoms with Crippen LogP contribution in [0.25, 0.3) is 0 Å². The van der Waals surface area contributed by atoms with Crippen LogP contribution in [0.15, 0.2) is 42.5 Å². The van der Waals surface area contributed by atoms with Crippen LogP contribution in [-0.4, -0.2) is 18.5 Å². The molecule has 0 aliphatic carbocycles. The molecule has 0 fully saturated rings. The fourth-order valence-electron chi connectivity index (χ4n) is 1.61. The molecule has 7 heteroatoms. The highest BCUT2D eigenvalue weighted by molar-refractivity contribution is 14.1. The van der Waals surface area contributed by atoms with E-state index >= 15 is 0 Å². The Morgan fingerprint density at radius 3 is 2.64 bits per heavy atom. The predicted molar refractivity (Wildman–Crippen MR) is 89.5 cm³/mol. The zero-order valence-corrected chi connectivity index (χ0v) is 14.0. The number of ether oxygens (including phenoxy) is 1.